The summed E-state index contributed by atoms with van der Waals surface area (Å²) in [6.45, 7) is 12.2. The molecule has 12 heavy (non-hydrogen) atoms. The van der Waals surface area contributed by atoms with E-state index in [1.807, 2.05) is 20.9 Å². The van der Waals surface area contributed by atoms with Crippen LogP contribution in [0.3, 0.4) is 0 Å². The van der Waals surface area contributed by atoms with E-state index in [2.05, 4.69) is 24.2 Å². The molecule has 0 saturated heterocycles. The molecule has 0 aromatic heterocycles. The zero-order valence-corrected chi connectivity index (χ0v) is 8.72. The number of hydrogen-bond donors (Lipinski definition) is 3. The van der Waals surface area contributed by atoms with Crippen LogP contribution in [-0.2, 0) is 0 Å². The Hall–Kier alpha value is -1.25. The zero-order chi connectivity index (χ0) is 10.8. The number of nitrogens with one attached hydrogen (secondary N) is 2. The molecule has 0 aromatic carbocycles. The van der Waals surface area contributed by atoms with Crippen LogP contribution in [0.25, 0.3) is 0 Å². The molecule has 0 aromatic rings. The fraction of sp³-hybridized carbons (Fsp3) is 0.444. The lowest BCUT2D eigenvalue weighted by Crippen LogP contribution is -1.87. The lowest BCUT2D eigenvalue weighted by atomic mass is 10.9. The summed E-state index contributed by atoms with van der Waals surface area (Å²) >= 11 is 0. The second-order valence-corrected chi connectivity index (χ2v) is 1.02. The Balaban J connectivity index is -0.0000000368. The molecule has 0 amide bonds. The van der Waals surface area contributed by atoms with Gasteiger partial charge in [0.1, 0.15) is 0 Å². The van der Waals surface area contributed by atoms with Crippen LogP contribution in [-0.4, -0.2) is 13.3 Å². The van der Waals surface area contributed by atoms with E-state index in [0.717, 1.165) is 0 Å². The second kappa shape index (κ2) is 98.7. The maximum absolute atomic E-state index is 6.08. The van der Waals surface area contributed by atoms with Gasteiger partial charge in [-0.3, -0.25) is 0 Å². The monoisotopic (exact) mass is 173 g/mol. The SMILES string of the molecule is C=CN.C=CNC.CC.CC=N. The van der Waals surface area contributed by atoms with Gasteiger partial charge in [0.15, 0.2) is 0 Å². The summed E-state index contributed by atoms with van der Waals surface area (Å²) in [6, 6.07) is 0. The molecule has 0 aliphatic heterocycles. The average Bonchev–Trinajstić information content (AvgIpc) is 2.10. The molecule has 0 fully saturated rings. The van der Waals surface area contributed by atoms with Gasteiger partial charge in [0.2, 0.25) is 0 Å². The summed E-state index contributed by atoms with van der Waals surface area (Å²) in [5.74, 6) is 0. The smallest absolute Gasteiger partial charge is 0.00275 e. The fourth-order valence-electron chi connectivity index (χ4n) is 0. The van der Waals surface area contributed by atoms with E-state index >= 15 is 0 Å². The molecule has 0 unspecified atom stereocenters. The molecular formula is C9H23N3. The molecule has 0 saturated carbocycles. The molecule has 0 atom stereocenters. The lowest BCUT2D eigenvalue weighted by molar-refractivity contribution is 1.11. The predicted molar refractivity (Wildman–Crippen MR) is 59.4 cm³/mol. The molecule has 0 bridgehead atoms. The van der Waals surface area contributed by atoms with Crippen LogP contribution in [0, 0.1) is 5.41 Å². The summed E-state index contributed by atoms with van der Waals surface area (Å²) < 4.78 is 0. The average molecular weight is 173 g/mol. The first-order valence-corrected chi connectivity index (χ1v) is 3.80. The van der Waals surface area contributed by atoms with Crippen LogP contribution in [0.2, 0.25) is 0 Å². The van der Waals surface area contributed by atoms with Crippen LogP contribution >= 0.6 is 0 Å². The van der Waals surface area contributed by atoms with Crippen molar-refractivity contribution in [2.24, 2.45) is 5.73 Å². The van der Waals surface area contributed by atoms with E-state index in [1.165, 1.54) is 12.4 Å². The highest BCUT2D eigenvalue weighted by Crippen LogP contribution is 1.32. The van der Waals surface area contributed by atoms with Crippen molar-refractivity contribution in [2.45, 2.75) is 20.8 Å². The van der Waals surface area contributed by atoms with E-state index in [9.17, 15) is 0 Å². The molecule has 0 heterocycles. The Bertz CT molecular complexity index is 64.2. The summed E-state index contributed by atoms with van der Waals surface area (Å²) in [5.41, 5.74) is 4.61. The number of hydrogen-bond acceptors (Lipinski definition) is 3. The Kier molecular flexibility index (Phi) is 184. The second-order valence-electron chi connectivity index (χ2n) is 1.02. The quantitative estimate of drug-likeness (QED) is 0.532. The van der Waals surface area contributed by atoms with E-state index in [1.54, 1.807) is 13.1 Å². The molecular weight excluding hydrogens is 150 g/mol. The third-order valence-electron chi connectivity index (χ3n) is 0.204. The normalized spacial score (nSPS) is 4.33. The summed E-state index contributed by atoms with van der Waals surface area (Å²) in [4.78, 5) is 0. The van der Waals surface area contributed by atoms with Gasteiger partial charge in [-0.25, -0.2) is 0 Å². The van der Waals surface area contributed by atoms with Crippen molar-refractivity contribution in [3.8, 4) is 0 Å². The van der Waals surface area contributed by atoms with Gasteiger partial charge < -0.3 is 16.5 Å². The van der Waals surface area contributed by atoms with Crippen molar-refractivity contribution in [1.82, 2.24) is 5.32 Å². The van der Waals surface area contributed by atoms with Crippen molar-refractivity contribution < 1.29 is 0 Å². The van der Waals surface area contributed by atoms with Crippen LogP contribution in [0.5, 0.6) is 0 Å². The van der Waals surface area contributed by atoms with Gasteiger partial charge in [0.25, 0.3) is 0 Å². The van der Waals surface area contributed by atoms with E-state index < -0.39 is 0 Å². The highest BCUT2D eigenvalue weighted by molar-refractivity contribution is 5.48. The van der Waals surface area contributed by atoms with Crippen molar-refractivity contribution in [3.63, 3.8) is 0 Å². The van der Waals surface area contributed by atoms with E-state index in [0.29, 0.717) is 0 Å². The summed E-state index contributed by atoms with van der Waals surface area (Å²) in [7, 11) is 1.81. The van der Waals surface area contributed by atoms with Crippen molar-refractivity contribution in [2.75, 3.05) is 7.05 Å². The Morgan fingerprint density at radius 3 is 1.42 bits per heavy atom. The molecule has 0 aliphatic rings. The maximum Gasteiger partial charge on any atom is 0.00275 e. The lowest BCUT2D eigenvalue weighted by Gasteiger charge is -1.70. The van der Waals surface area contributed by atoms with Gasteiger partial charge in [0.05, 0.1) is 0 Å². The number of rotatable bonds is 1. The summed E-state index contributed by atoms with van der Waals surface area (Å²) in [6.07, 6.45) is 4.12. The minimum absolute atomic E-state index is 1.25. The molecule has 0 radical (unpaired) electrons. The minimum Gasteiger partial charge on any atom is -0.405 e. The Morgan fingerprint density at radius 1 is 1.33 bits per heavy atom. The molecule has 0 spiro atoms. The zero-order valence-electron chi connectivity index (χ0n) is 8.72. The van der Waals surface area contributed by atoms with Gasteiger partial charge in [-0.1, -0.05) is 27.0 Å². The Labute approximate surface area is 76.9 Å². The van der Waals surface area contributed by atoms with E-state index in [-0.39, 0.29) is 0 Å². The van der Waals surface area contributed by atoms with Crippen molar-refractivity contribution in [3.05, 3.63) is 25.6 Å². The van der Waals surface area contributed by atoms with Crippen LogP contribution in [0.4, 0.5) is 0 Å². The molecule has 74 valence electrons. The largest absolute Gasteiger partial charge is 0.405 e. The van der Waals surface area contributed by atoms with Gasteiger partial charge in [-0.05, 0) is 25.5 Å². The molecule has 0 aliphatic carbocycles. The highest BCUT2D eigenvalue weighted by Gasteiger charge is 1.35. The molecule has 3 heteroatoms. The fourth-order valence-corrected chi connectivity index (χ4v) is 0. The third kappa shape index (κ3) is 8410. The Morgan fingerprint density at radius 2 is 1.42 bits per heavy atom. The van der Waals surface area contributed by atoms with Crippen molar-refractivity contribution in [1.29, 1.82) is 5.41 Å². The minimum atomic E-state index is 1.25. The first-order valence-electron chi connectivity index (χ1n) is 3.80. The van der Waals surface area contributed by atoms with Gasteiger partial charge in [-0.2, -0.15) is 0 Å². The van der Waals surface area contributed by atoms with Crippen molar-refractivity contribution >= 4 is 6.21 Å². The van der Waals surface area contributed by atoms with E-state index in [4.69, 9.17) is 5.41 Å². The topological polar surface area (TPSA) is 61.9 Å². The third-order valence-corrected chi connectivity index (χ3v) is 0.204. The van der Waals surface area contributed by atoms with Gasteiger partial charge >= 0.3 is 0 Å². The summed E-state index contributed by atoms with van der Waals surface area (Å²) in [5, 5.41) is 8.78. The number of nitrogens with two attached hydrogens (primary N) is 1. The van der Waals surface area contributed by atoms with Gasteiger partial charge in [0, 0.05) is 7.05 Å². The molecule has 4 N–H and O–H groups in total. The standard InChI is InChI=1S/C3H7N.2C2H5N.C2H6/c1-3-4-2;2*1-2-3;1-2/h3-4H,1H2,2H3;2-3H,1H3;2H,1,3H2;1-2H3. The van der Waals surface area contributed by atoms with Crippen LogP contribution in [0.1, 0.15) is 20.8 Å². The predicted octanol–water partition coefficient (Wildman–Crippen LogP) is 2.12. The van der Waals surface area contributed by atoms with Crippen LogP contribution in [0.15, 0.2) is 25.6 Å². The van der Waals surface area contributed by atoms with Gasteiger partial charge in [-0.15, -0.1) is 0 Å². The molecule has 3 nitrogen and oxygen atoms in total. The highest BCUT2D eigenvalue weighted by atomic mass is 14.8. The maximum atomic E-state index is 6.08. The first kappa shape index (κ1) is 22.4. The molecule has 0 rings (SSSR count). The van der Waals surface area contributed by atoms with Crippen LogP contribution < -0.4 is 11.1 Å². The first-order chi connectivity index (χ1) is 5.74.